The summed E-state index contributed by atoms with van der Waals surface area (Å²) in [5.41, 5.74) is 0. The molecule has 0 aliphatic carbocycles. The lowest BCUT2D eigenvalue weighted by Gasteiger charge is -2.40. The average molecular weight is 1100 g/mol. The van der Waals surface area contributed by atoms with Crippen molar-refractivity contribution in [3.63, 3.8) is 0 Å². The summed E-state index contributed by atoms with van der Waals surface area (Å²) in [5.74, 6) is -3.31. The molecule has 0 spiro atoms. The third-order valence-corrected chi connectivity index (χ3v) is 12.4. The van der Waals surface area contributed by atoms with Crippen LogP contribution in [-0.2, 0) is 42.9 Å². The van der Waals surface area contributed by atoms with E-state index >= 15 is 0 Å². The summed E-state index contributed by atoms with van der Waals surface area (Å²) in [6.45, 7) is 5.62. The van der Waals surface area contributed by atoms with E-state index in [1.54, 1.807) is 0 Å². The van der Waals surface area contributed by atoms with E-state index in [1.807, 2.05) is 18.2 Å². The number of rotatable bonds is 48. The number of aliphatic carboxylic acids is 1. The molecule has 0 radical (unpaired) electrons. The molecule has 79 heavy (non-hydrogen) atoms. The van der Waals surface area contributed by atoms with E-state index in [9.17, 15) is 34.5 Å². The number of esters is 3. The van der Waals surface area contributed by atoms with Crippen LogP contribution in [0.2, 0.25) is 0 Å². The highest BCUT2D eigenvalue weighted by molar-refractivity contribution is 5.74. The second-order valence-electron chi connectivity index (χ2n) is 19.5. The molecule has 0 saturated carbocycles. The van der Waals surface area contributed by atoms with Gasteiger partial charge in [-0.05, 0) is 122 Å². The molecule has 12 nitrogen and oxygen atoms in total. The maximum absolute atomic E-state index is 13.1. The monoisotopic (exact) mass is 1100 g/mol. The molecular formula is C67H102O12. The molecule has 0 aromatic rings. The van der Waals surface area contributed by atoms with Crippen molar-refractivity contribution >= 4 is 23.9 Å². The number of carbonyl (C=O) groups excluding carboxylic acids is 3. The molecule has 6 atom stereocenters. The van der Waals surface area contributed by atoms with Crippen LogP contribution in [0, 0.1) is 0 Å². The first kappa shape index (κ1) is 71.6. The minimum Gasteiger partial charge on any atom is -0.479 e. The van der Waals surface area contributed by atoms with Crippen molar-refractivity contribution in [2.24, 2.45) is 0 Å². The third-order valence-electron chi connectivity index (χ3n) is 12.4. The third kappa shape index (κ3) is 43.1. The fourth-order valence-electron chi connectivity index (χ4n) is 7.89. The standard InChI is InChI=1S/C67H102O12/c1-4-7-10-13-16-19-22-25-27-29-30-32-34-37-40-43-46-49-52-55-61(70)78-65-63(72)62(71)64(66(73)74)79-67(65)76-57-58(77-60(69)54-51-48-45-42-39-35-24-21-18-15-12-9-6-3)56-75-59(68)53-50-47-44-41-38-36-33-31-28-26-23-20-17-14-11-8-5-2/h7-8,10-12,15-17,19-21,24-28,30,32-33,36-37,40,46,49,58,62-65,67,71-72H,4-6,9,13-14,18,22-23,29,31,34-35,38-39,41-45,47-48,50-57H2,1-3H3,(H,73,74)/b10-7-,11-8-,15-12-,19-16-,20-17-,24-21-,27-25-,28-26-,32-30-,36-33-,40-37-,49-46-. The Balaban J connectivity index is 2.76. The Morgan fingerprint density at radius 2 is 0.823 bits per heavy atom. The topological polar surface area (TPSA) is 175 Å². The fraction of sp³-hybridized carbons (Fsp3) is 0.582. The van der Waals surface area contributed by atoms with E-state index in [4.69, 9.17) is 23.7 Å². The molecule has 1 saturated heterocycles. The van der Waals surface area contributed by atoms with Gasteiger partial charge in [-0.2, -0.15) is 0 Å². The van der Waals surface area contributed by atoms with E-state index < -0.39 is 67.3 Å². The highest BCUT2D eigenvalue weighted by Crippen LogP contribution is 2.26. The van der Waals surface area contributed by atoms with Crippen molar-refractivity contribution in [2.45, 2.75) is 237 Å². The van der Waals surface area contributed by atoms with Crippen molar-refractivity contribution in [1.82, 2.24) is 0 Å². The summed E-state index contributed by atoms with van der Waals surface area (Å²) in [6, 6.07) is 0. The number of carboxylic acid groups (broad SMARTS) is 1. The van der Waals surface area contributed by atoms with Gasteiger partial charge in [-0.25, -0.2) is 4.79 Å². The smallest absolute Gasteiger partial charge is 0.335 e. The molecule has 0 amide bonds. The Hall–Kier alpha value is -5.40. The van der Waals surface area contributed by atoms with Crippen molar-refractivity contribution in [1.29, 1.82) is 0 Å². The van der Waals surface area contributed by atoms with Gasteiger partial charge in [0.05, 0.1) is 6.61 Å². The van der Waals surface area contributed by atoms with E-state index in [0.717, 1.165) is 135 Å². The number of carboxylic acids is 1. The minimum absolute atomic E-state index is 0.0773. The quantitative estimate of drug-likeness (QED) is 0.0228. The van der Waals surface area contributed by atoms with Gasteiger partial charge in [-0.1, -0.05) is 205 Å². The summed E-state index contributed by atoms with van der Waals surface area (Å²) in [6.07, 6.45) is 63.9. The number of aliphatic hydroxyl groups is 2. The SMILES string of the molecule is CC/C=C\C/C=C\C/C=C\C/C=C\C/C=C\C/C=C\CCC(=O)OC1C(OCC(COC(=O)CCCCCC/C=C\C/C=C\C/C=C\C/C=C\CC)OC(=O)CCCCCCC/C=C\C/C=C\CCC)OC(C(=O)O)C(O)C1O. The van der Waals surface area contributed by atoms with Crippen LogP contribution in [0.5, 0.6) is 0 Å². The zero-order valence-electron chi connectivity index (χ0n) is 48.5. The van der Waals surface area contributed by atoms with Crippen LogP contribution >= 0.6 is 0 Å². The summed E-state index contributed by atoms with van der Waals surface area (Å²) in [7, 11) is 0. The molecule has 12 heteroatoms. The number of carbonyl (C=O) groups is 4. The number of aliphatic hydroxyl groups excluding tert-OH is 2. The van der Waals surface area contributed by atoms with E-state index in [-0.39, 0.29) is 25.9 Å². The maximum Gasteiger partial charge on any atom is 0.335 e. The zero-order valence-corrected chi connectivity index (χ0v) is 48.5. The number of hydrogen-bond donors (Lipinski definition) is 3. The van der Waals surface area contributed by atoms with Gasteiger partial charge in [-0.3, -0.25) is 14.4 Å². The van der Waals surface area contributed by atoms with Crippen LogP contribution in [0.25, 0.3) is 0 Å². The first-order valence-electron chi connectivity index (χ1n) is 29.8. The molecule has 442 valence electrons. The zero-order chi connectivity index (χ0) is 57.5. The molecular weight excluding hydrogens is 997 g/mol. The first-order valence-corrected chi connectivity index (χ1v) is 29.8. The number of hydrogen-bond acceptors (Lipinski definition) is 11. The molecule has 1 aliphatic heterocycles. The van der Waals surface area contributed by atoms with Crippen molar-refractivity contribution in [2.75, 3.05) is 13.2 Å². The van der Waals surface area contributed by atoms with Crippen LogP contribution in [0.15, 0.2) is 146 Å². The molecule has 6 unspecified atom stereocenters. The Morgan fingerprint density at radius 1 is 0.430 bits per heavy atom. The summed E-state index contributed by atoms with van der Waals surface area (Å²) in [5, 5.41) is 31.5. The Bertz CT molecular complexity index is 1930. The van der Waals surface area contributed by atoms with Gasteiger partial charge >= 0.3 is 23.9 Å². The molecule has 0 bridgehead atoms. The predicted molar refractivity (Wildman–Crippen MR) is 321 cm³/mol. The van der Waals surface area contributed by atoms with E-state index in [1.165, 1.54) is 0 Å². The van der Waals surface area contributed by atoms with Crippen LogP contribution < -0.4 is 0 Å². The molecule has 1 rings (SSSR count). The predicted octanol–water partition coefficient (Wildman–Crippen LogP) is 15.6. The van der Waals surface area contributed by atoms with Crippen LogP contribution in [0.1, 0.15) is 201 Å². The Labute approximate surface area is 476 Å². The number of allylic oxidation sites excluding steroid dienone is 24. The highest BCUT2D eigenvalue weighted by Gasteiger charge is 2.50. The molecule has 1 fully saturated rings. The summed E-state index contributed by atoms with van der Waals surface area (Å²) >= 11 is 0. The summed E-state index contributed by atoms with van der Waals surface area (Å²) in [4.78, 5) is 51.1. The van der Waals surface area contributed by atoms with Gasteiger partial charge in [-0.15, -0.1) is 0 Å². The second-order valence-corrected chi connectivity index (χ2v) is 19.5. The van der Waals surface area contributed by atoms with Crippen molar-refractivity contribution < 1.29 is 58.2 Å². The van der Waals surface area contributed by atoms with Gasteiger partial charge < -0.3 is 39.0 Å². The van der Waals surface area contributed by atoms with Gasteiger partial charge in [0.2, 0.25) is 0 Å². The van der Waals surface area contributed by atoms with Gasteiger partial charge in [0.15, 0.2) is 24.6 Å². The lowest BCUT2D eigenvalue weighted by Crippen LogP contribution is -2.61. The Kier molecular flexibility index (Phi) is 48.3. The molecule has 0 aromatic carbocycles. The van der Waals surface area contributed by atoms with Gasteiger partial charge in [0.1, 0.15) is 18.8 Å². The van der Waals surface area contributed by atoms with Crippen molar-refractivity contribution in [3.05, 3.63) is 146 Å². The van der Waals surface area contributed by atoms with Crippen LogP contribution in [0.3, 0.4) is 0 Å². The maximum atomic E-state index is 13.1. The Morgan fingerprint density at radius 3 is 1.27 bits per heavy atom. The molecule has 1 heterocycles. The summed E-state index contributed by atoms with van der Waals surface area (Å²) < 4.78 is 28.3. The lowest BCUT2D eigenvalue weighted by molar-refractivity contribution is -0.301. The average Bonchev–Trinajstić information content (AvgIpc) is 3.46. The molecule has 3 N–H and O–H groups in total. The van der Waals surface area contributed by atoms with E-state index in [0.29, 0.717) is 25.7 Å². The highest BCUT2D eigenvalue weighted by atomic mass is 16.7. The number of ether oxygens (including phenoxy) is 5. The molecule has 0 aromatic heterocycles. The van der Waals surface area contributed by atoms with Gasteiger partial charge in [0, 0.05) is 19.3 Å². The number of unbranched alkanes of at least 4 members (excludes halogenated alkanes) is 10. The molecule has 1 aliphatic rings. The normalized spacial score (nSPS) is 18.9. The lowest BCUT2D eigenvalue weighted by atomic mass is 9.98. The van der Waals surface area contributed by atoms with Crippen LogP contribution in [-0.4, -0.2) is 89.2 Å². The van der Waals surface area contributed by atoms with E-state index in [2.05, 4.69) is 148 Å². The largest absolute Gasteiger partial charge is 0.479 e. The second kappa shape index (κ2) is 53.3. The van der Waals surface area contributed by atoms with Gasteiger partial charge in [0.25, 0.3) is 0 Å². The first-order chi connectivity index (χ1) is 38.6. The fourth-order valence-corrected chi connectivity index (χ4v) is 7.89. The minimum atomic E-state index is -1.94. The van der Waals surface area contributed by atoms with Crippen molar-refractivity contribution in [3.8, 4) is 0 Å². The van der Waals surface area contributed by atoms with Crippen LogP contribution in [0.4, 0.5) is 0 Å².